The fraction of sp³-hybridized carbons (Fsp3) is 0.136. The van der Waals surface area contributed by atoms with Crippen LogP contribution in [0.15, 0.2) is 66.3 Å². The summed E-state index contributed by atoms with van der Waals surface area (Å²) in [5.41, 5.74) is 0.817. The molecule has 1 aromatic heterocycles. The lowest BCUT2D eigenvalue weighted by molar-refractivity contribution is -0.113. The van der Waals surface area contributed by atoms with Crippen LogP contribution >= 0.6 is 23.4 Å². The summed E-state index contributed by atoms with van der Waals surface area (Å²) >= 11 is 7.22. The van der Waals surface area contributed by atoms with Gasteiger partial charge in [0.2, 0.25) is 5.91 Å². The minimum absolute atomic E-state index is 0.0263. The maximum Gasteiger partial charge on any atom is 0.335 e. The summed E-state index contributed by atoms with van der Waals surface area (Å²) in [6, 6.07) is 12.7. The molecular formula is C22H20ClN5O4S. The number of halogens is 1. The molecule has 0 saturated heterocycles. The van der Waals surface area contributed by atoms with Crippen molar-refractivity contribution in [2.24, 2.45) is 0 Å². The highest BCUT2D eigenvalue weighted by molar-refractivity contribution is 7.99. The third kappa shape index (κ3) is 6.43. The lowest BCUT2D eigenvalue weighted by Gasteiger charge is -2.10. The molecule has 0 aliphatic heterocycles. The van der Waals surface area contributed by atoms with Gasteiger partial charge in [-0.25, -0.2) is 4.79 Å². The Morgan fingerprint density at radius 3 is 2.67 bits per heavy atom. The van der Waals surface area contributed by atoms with E-state index in [4.69, 9.17) is 16.7 Å². The molecule has 0 fully saturated rings. The van der Waals surface area contributed by atoms with Crippen molar-refractivity contribution >= 4 is 46.8 Å². The molecule has 0 aliphatic carbocycles. The number of hydrogen-bond acceptors (Lipinski definition) is 6. The Labute approximate surface area is 198 Å². The molecule has 0 spiro atoms. The number of hydrogen-bond donors (Lipinski definition) is 3. The molecule has 33 heavy (non-hydrogen) atoms. The molecule has 3 aromatic rings. The van der Waals surface area contributed by atoms with Crippen LogP contribution in [-0.2, 0) is 17.9 Å². The van der Waals surface area contributed by atoms with E-state index in [2.05, 4.69) is 27.4 Å². The van der Waals surface area contributed by atoms with Gasteiger partial charge in [-0.15, -0.1) is 16.8 Å². The number of carbonyl (C=O) groups excluding carboxylic acids is 2. The van der Waals surface area contributed by atoms with Crippen molar-refractivity contribution in [3.8, 4) is 0 Å². The number of nitrogens with zero attached hydrogens (tertiary/aromatic N) is 3. The lowest BCUT2D eigenvalue weighted by Crippen LogP contribution is -2.25. The van der Waals surface area contributed by atoms with Crippen molar-refractivity contribution < 1.29 is 19.5 Å². The van der Waals surface area contributed by atoms with Gasteiger partial charge in [-0.1, -0.05) is 47.6 Å². The number of nitrogens with one attached hydrogen (secondary N) is 2. The van der Waals surface area contributed by atoms with Gasteiger partial charge in [-0.2, -0.15) is 0 Å². The van der Waals surface area contributed by atoms with Gasteiger partial charge in [-0.05, 0) is 30.3 Å². The molecule has 0 atom stereocenters. The number of thioether (sulfide) groups is 1. The highest BCUT2D eigenvalue weighted by atomic mass is 35.5. The second-order valence-electron chi connectivity index (χ2n) is 6.68. The first kappa shape index (κ1) is 24.0. The van der Waals surface area contributed by atoms with Crippen molar-refractivity contribution in [1.29, 1.82) is 0 Å². The predicted octanol–water partition coefficient (Wildman–Crippen LogP) is 3.48. The fourth-order valence-corrected chi connectivity index (χ4v) is 3.81. The number of carboxylic acid groups (broad SMARTS) is 1. The van der Waals surface area contributed by atoms with Gasteiger partial charge in [-0.3, -0.25) is 9.59 Å². The highest BCUT2D eigenvalue weighted by Crippen LogP contribution is 2.19. The highest BCUT2D eigenvalue weighted by Gasteiger charge is 2.16. The summed E-state index contributed by atoms with van der Waals surface area (Å²) < 4.78 is 1.74. The Bertz CT molecular complexity index is 1200. The molecule has 170 valence electrons. The minimum Gasteiger partial charge on any atom is -0.478 e. The van der Waals surface area contributed by atoms with Crippen LogP contribution in [0.4, 0.5) is 5.69 Å². The lowest BCUT2D eigenvalue weighted by atomic mass is 10.2. The molecule has 0 saturated carbocycles. The number of benzene rings is 2. The van der Waals surface area contributed by atoms with Gasteiger partial charge in [0, 0.05) is 12.2 Å². The number of aromatic carboxylic acids is 1. The summed E-state index contributed by atoms with van der Waals surface area (Å²) in [5, 5.41) is 23.5. The van der Waals surface area contributed by atoms with E-state index in [1.165, 1.54) is 12.1 Å². The predicted molar refractivity (Wildman–Crippen MR) is 126 cm³/mol. The van der Waals surface area contributed by atoms with Crippen molar-refractivity contribution in [1.82, 2.24) is 20.1 Å². The van der Waals surface area contributed by atoms with Crippen molar-refractivity contribution in [3.63, 3.8) is 0 Å². The number of allylic oxidation sites excluding steroid dienone is 1. The van der Waals surface area contributed by atoms with Crippen LogP contribution in [0, 0.1) is 0 Å². The molecule has 2 aromatic carbocycles. The standard InChI is InChI=1S/C22H20ClN5O4S/c1-2-10-28-18(12-24-20(30)16-8-3-4-9-17(16)23)26-27-22(28)33-13-19(29)25-15-7-5-6-14(11-15)21(31)32/h2-9,11H,1,10,12-13H2,(H,24,30)(H,25,29)(H,31,32). The molecular weight excluding hydrogens is 466 g/mol. The van der Waals surface area contributed by atoms with E-state index in [-0.39, 0.29) is 29.7 Å². The van der Waals surface area contributed by atoms with E-state index >= 15 is 0 Å². The largest absolute Gasteiger partial charge is 0.478 e. The molecule has 3 N–H and O–H groups in total. The van der Waals surface area contributed by atoms with E-state index < -0.39 is 5.97 Å². The molecule has 2 amide bonds. The second kappa shape index (κ2) is 11.3. The first-order valence-corrected chi connectivity index (χ1v) is 11.1. The van der Waals surface area contributed by atoms with Crippen LogP contribution in [0.5, 0.6) is 0 Å². The Hall–Kier alpha value is -3.63. The van der Waals surface area contributed by atoms with E-state index in [1.54, 1.807) is 47.0 Å². The molecule has 3 rings (SSSR count). The van der Waals surface area contributed by atoms with Gasteiger partial charge in [0.05, 0.1) is 28.4 Å². The summed E-state index contributed by atoms with van der Waals surface area (Å²) in [6.45, 7) is 4.22. The quantitative estimate of drug-likeness (QED) is 0.296. The van der Waals surface area contributed by atoms with Crippen molar-refractivity contribution in [2.45, 2.75) is 18.2 Å². The third-order valence-electron chi connectivity index (χ3n) is 4.36. The van der Waals surface area contributed by atoms with Gasteiger partial charge in [0.15, 0.2) is 11.0 Å². The summed E-state index contributed by atoms with van der Waals surface area (Å²) in [4.78, 5) is 35.8. The van der Waals surface area contributed by atoms with E-state index in [0.717, 1.165) is 11.8 Å². The zero-order chi connectivity index (χ0) is 23.8. The number of aromatic nitrogens is 3. The first-order chi connectivity index (χ1) is 15.9. The Morgan fingerprint density at radius 2 is 1.94 bits per heavy atom. The van der Waals surface area contributed by atoms with Crippen LogP contribution in [-0.4, -0.2) is 43.4 Å². The maximum absolute atomic E-state index is 12.4. The number of amides is 2. The molecule has 0 radical (unpaired) electrons. The average Bonchev–Trinajstić information content (AvgIpc) is 3.18. The van der Waals surface area contributed by atoms with Crippen LogP contribution in [0.2, 0.25) is 5.02 Å². The van der Waals surface area contributed by atoms with Gasteiger partial charge in [0.25, 0.3) is 5.91 Å². The number of carboxylic acids is 1. The smallest absolute Gasteiger partial charge is 0.335 e. The first-order valence-electron chi connectivity index (χ1n) is 9.70. The van der Waals surface area contributed by atoms with Gasteiger partial charge >= 0.3 is 5.97 Å². The van der Waals surface area contributed by atoms with E-state index in [9.17, 15) is 14.4 Å². The van der Waals surface area contributed by atoms with Crippen LogP contribution in [0.25, 0.3) is 0 Å². The van der Waals surface area contributed by atoms with E-state index in [0.29, 0.717) is 33.8 Å². The van der Waals surface area contributed by atoms with Crippen LogP contribution in [0.3, 0.4) is 0 Å². The molecule has 11 heteroatoms. The Kier molecular flexibility index (Phi) is 8.22. The van der Waals surface area contributed by atoms with Crippen LogP contribution < -0.4 is 10.6 Å². The zero-order valence-corrected chi connectivity index (χ0v) is 18.9. The molecule has 9 nitrogen and oxygen atoms in total. The molecule has 0 unspecified atom stereocenters. The third-order valence-corrected chi connectivity index (χ3v) is 5.65. The summed E-state index contributed by atoms with van der Waals surface area (Å²) in [7, 11) is 0. The summed E-state index contributed by atoms with van der Waals surface area (Å²) in [6.07, 6.45) is 1.66. The SMILES string of the molecule is C=CCn1c(CNC(=O)c2ccccc2Cl)nnc1SCC(=O)Nc1cccc(C(=O)O)c1. The minimum atomic E-state index is -1.08. The molecule has 1 heterocycles. The van der Waals surface area contributed by atoms with Crippen molar-refractivity contribution in [3.05, 3.63) is 83.2 Å². The topological polar surface area (TPSA) is 126 Å². The van der Waals surface area contributed by atoms with E-state index in [1.807, 2.05) is 0 Å². The second-order valence-corrected chi connectivity index (χ2v) is 8.03. The molecule has 0 aliphatic rings. The maximum atomic E-state index is 12.4. The monoisotopic (exact) mass is 485 g/mol. The average molecular weight is 486 g/mol. The fourth-order valence-electron chi connectivity index (χ4n) is 2.83. The molecule has 0 bridgehead atoms. The van der Waals surface area contributed by atoms with Crippen LogP contribution in [0.1, 0.15) is 26.5 Å². The normalized spacial score (nSPS) is 10.5. The van der Waals surface area contributed by atoms with Crippen molar-refractivity contribution in [2.75, 3.05) is 11.1 Å². The zero-order valence-electron chi connectivity index (χ0n) is 17.3. The number of rotatable bonds is 10. The number of anilines is 1. The van der Waals surface area contributed by atoms with Gasteiger partial charge in [0.1, 0.15) is 0 Å². The Morgan fingerprint density at radius 1 is 1.15 bits per heavy atom. The van der Waals surface area contributed by atoms with Gasteiger partial charge < -0.3 is 20.3 Å². The number of carbonyl (C=O) groups is 3. The summed E-state index contributed by atoms with van der Waals surface area (Å²) in [5.74, 6) is -1.23. The Balaban J connectivity index is 1.62.